The summed E-state index contributed by atoms with van der Waals surface area (Å²) in [5, 5.41) is 0. The molecule has 6 heteroatoms. The van der Waals surface area contributed by atoms with Crippen molar-refractivity contribution >= 4 is 49.0 Å². The van der Waals surface area contributed by atoms with Gasteiger partial charge in [0, 0.05) is 18.2 Å². The molecule has 0 radical (unpaired) electrons. The predicted molar refractivity (Wildman–Crippen MR) is 80.5 cm³/mol. The van der Waals surface area contributed by atoms with Crippen molar-refractivity contribution in [2.45, 2.75) is 25.5 Å². The molecule has 3 nitrogen and oxygen atoms in total. The number of carbonyl (C=O) groups excluding carboxylic acids is 1. The van der Waals surface area contributed by atoms with E-state index in [1.54, 1.807) is 0 Å². The van der Waals surface area contributed by atoms with Gasteiger partial charge in [-0.2, -0.15) is 0 Å². The van der Waals surface area contributed by atoms with E-state index in [9.17, 15) is 4.79 Å². The quantitative estimate of drug-likeness (QED) is 0.728. The molecule has 1 aromatic heterocycles. The lowest BCUT2D eigenvalue weighted by Gasteiger charge is -2.25. The molecule has 1 saturated heterocycles. The smallest absolute Gasteiger partial charge is 0.178 e. The van der Waals surface area contributed by atoms with Crippen LogP contribution in [0.2, 0.25) is 0 Å². The highest BCUT2D eigenvalue weighted by molar-refractivity contribution is 9.12. The molecule has 100 valence electrons. The number of carbonyl (C=O) groups is 1. The zero-order valence-electron chi connectivity index (χ0n) is 10.3. The molecule has 2 rings (SSSR count). The van der Waals surface area contributed by atoms with E-state index >= 15 is 0 Å². The molecule has 0 bridgehead atoms. The average molecular weight is 397 g/mol. The maximum atomic E-state index is 12.2. The molecule has 1 aliphatic rings. The van der Waals surface area contributed by atoms with Crippen molar-refractivity contribution in [1.82, 2.24) is 4.90 Å². The standard InChI is InChI=1S/C12H15Br2NO2S/c1-7-9(3-4-17-7)15(2)6-10(16)8-5-11(13)18-12(8)14/h5,7,9H,3-4,6H2,1-2H3. The summed E-state index contributed by atoms with van der Waals surface area (Å²) in [5.41, 5.74) is 0.755. The third-order valence-electron chi connectivity index (χ3n) is 3.25. The van der Waals surface area contributed by atoms with E-state index in [1.807, 2.05) is 13.1 Å². The first kappa shape index (κ1) is 14.7. The summed E-state index contributed by atoms with van der Waals surface area (Å²) in [5.74, 6) is 0.144. The molecular weight excluding hydrogens is 382 g/mol. The van der Waals surface area contributed by atoms with E-state index in [4.69, 9.17) is 4.74 Å². The Balaban J connectivity index is 2.01. The van der Waals surface area contributed by atoms with Crippen molar-refractivity contribution in [3.63, 3.8) is 0 Å². The van der Waals surface area contributed by atoms with Crippen LogP contribution in [0.5, 0.6) is 0 Å². The molecule has 1 fully saturated rings. The highest BCUT2D eigenvalue weighted by Gasteiger charge is 2.29. The Morgan fingerprint density at radius 3 is 2.83 bits per heavy atom. The summed E-state index contributed by atoms with van der Waals surface area (Å²) in [6, 6.07) is 2.22. The summed E-state index contributed by atoms with van der Waals surface area (Å²) in [7, 11) is 1.99. The van der Waals surface area contributed by atoms with E-state index in [2.05, 4.69) is 43.7 Å². The molecule has 0 amide bonds. The molecule has 2 heterocycles. The highest BCUT2D eigenvalue weighted by Crippen LogP contribution is 2.32. The van der Waals surface area contributed by atoms with E-state index in [0.29, 0.717) is 12.6 Å². The number of rotatable bonds is 4. The number of hydrogen-bond donors (Lipinski definition) is 0. The van der Waals surface area contributed by atoms with Crippen LogP contribution in [0.1, 0.15) is 23.7 Å². The molecule has 0 aliphatic carbocycles. The summed E-state index contributed by atoms with van der Waals surface area (Å²) >= 11 is 8.35. The van der Waals surface area contributed by atoms with E-state index in [-0.39, 0.29) is 11.9 Å². The van der Waals surface area contributed by atoms with Crippen LogP contribution in [0.3, 0.4) is 0 Å². The summed E-state index contributed by atoms with van der Waals surface area (Å²) in [6.45, 7) is 3.29. The molecule has 0 saturated carbocycles. The molecule has 1 aliphatic heterocycles. The fourth-order valence-electron chi connectivity index (χ4n) is 2.26. The van der Waals surface area contributed by atoms with Crippen molar-refractivity contribution in [2.75, 3.05) is 20.2 Å². The lowest BCUT2D eigenvalue weighted by Crippen LogP contribution is -2.39. The van der Waals surface area contributed by atoms with E-state index in [0.717, 1.165) is 26.2 Å². The van der Waals surface area contributed by atoms with Gasteiger partial charge >= 0.3 is 0 Å². The Labute approximate surface area is 128 Å². The van der Waals surface area contributed by atoms with Crippen LogP contribution in [0.15, 0.2) is 13.6 Å². The Morgan fingerprint density at radius 2 is 2.33 bits per heavy atom. The molecule has 0 spiro atoms. The number of nitrogens with zero attached hydrogens (tertiary/aromatic N) is 1. The van der Waals surface area contributed by atoms with Crippen molar-refractivity contribution in [2.24, 2.45) is 0 Å². The summed E-state index contributed by atoms with van der Waals surface area (Å²) < 4.78 is 7.40. The molecule has 0 N–H and O–H groups in total. The van der Waals surface area contributed by atoms with Gasteiger partial charge in [-0.15, -0.1) is 11.3 Å². The maximum absolute atomic E-state index is 12.2. The highest BCUT2D eigenvalue weighted by atomic mass is 79.9. The molecule has 2 atom stereocenters. The van der Waals surface area contributed by atoms with Crippen LogP contribution >= 0.6 is 43.2 Å². The summed E-state index contributed by atoms with van der Waals surface area (Å²) in [4.78, 5) is 14.3. The van der Waals surface area contributed by atoms with Crippen molar-refractivity contribution in [3.8, 4) is 0 Å². The van der Waals surface area contributed by atoms with Crippen LogP contribution in [-0.2, 0) is 4.74 Å². The zero-order valence-corrected chi connectivity index (χ0v) is 14.3. The monoisotopic (exact) mass is 395 g/mol. The molecule has 18 heavy (non-hydrogen) atoms. The number of ketones is 1. The van der Waals surface area contributed by atoms with Gasteiger partial charge in [-0.25, -0.2) is 0 Å². The van der Waals surface area contributed by atoms with Crippen molar-refractivity contribution in [1.29, 1.82) is 0 Å². The second-order valence-corrected chi connectivity index (χ2v) is 8.26. The minimum atomic E-state index is 0.144. The van der Waals surface area contributed by atoms with E-state index in [1.165, 1.54) is 11.3 Å². The number of likely N-dealkylation sites (N-methyl/N-ethyl adjacent to an activating group) is 1. The van der Waals surface area contributed by atoms with Crippen molar-refractivity contribution < 1.29 is 9.53 Å². The minimum absolute atomic E-state index is 0.144. The van der Waals surface area contributed by atoms with Gasteiger partial charge in [0.05, 0.1) is 20.2 Å². The fourth-order valence-corrected chi connectivity index (χ4v) is 5.11. The fraction of sp³-hybridized carbons (Fsp3) is 0.583. The summed E-state index contributed by atoms with van der Waals surface area (Å²) in [6.07, 6.45) is 1.21. The van der Waals surface area contributed by atoms with Crippen LogP contribution in [0.25, 0.3) is 0 Å². The third-order valence-corrected chi connectivity index (χ3v) is 5.59. The van der Waals surface area contributed by atoms with Gasteiger partial charge in [0.2, 0.25) is 0 Å². The zero-order chi connectivity index (χ0) is 13.3. The first-order valence-corrected chi connectivity index (χ1v) is 8.19. The number of Topliss-reactive ketones (excluding diaryl/α,β-unsaturated/α-hetero) is 1. The topological polar surface area (TPSA) is 29.5 Å². The van der Waals surface area contributed by atoms with Gasteiger partial charge in [0.15, 0.2) is 5.78 Å². The third kappa shape index (κ3) is 3.22. The normalized spacial score (nSPS) is 23.8. The largest absolute Gasteiger partial charge is 0.377 e. The van der Waals surface area contributed by atoms with Crippen molar-refractivity contribution in [3.05, 3.63) is 19.2 Å². The SMILES string of the molecule is CC1OCCC1N(C)CC(=O)c1cc(Br)sc1Br. The predicted octanol–water partition coefficient (Wildman–Crippen LogP) is 3.57. The van der Waals surface area contributed by atoms with Gasteiger partial charge in [-0.05, 0) is 58.3 Å². The van der Waals surface area contributed by atoms with Gasteiger partial charge in [0.25, 0.3) is 0 Å². The second kappa shape index (κ2) is 6.13. The Hall–Kier alpha value is 0.250. The van der Waals surface area contributed by atoms with E-state index < -0.39 is 0 Å². The second-order valence-electron chi connectivity index (χ2n) is 4.51. The number of halogens is 2. The lowest BCUT2D eigenvalue weighted by atomic mass is 10.1. The molecule has 1 aromatic rings. The van der Waals surface area contributed by atoms with Crippen LogP contribution in [0.4, 0.5) is 0 Å². The molecular formula is C12H15Br2NO2S. The first-order valence-electron chi connectivity index (χ1n) is 5.79. The van der Waals surface area contributed by atoms with Gasteiger partial charge in [-0.3, -0.25) is 9.69 Å². The van der Waals surface area contributed by atoms with Crippen LogP contribution in [0, 0.1) is 0 Å². The Morgan fingerprint density at radius 1 is 1.61 bits per heavy atom. The molecule has 0 aromatic carbocycles. The number of ether oxygens (including phenoxy) is 1. The minimum Gasteiger partial charge on any atom is -0.377 e. The van der Waals surface area contributed by atoms with Gasteiger partial charge in [-0.1, -0.05) is 0 Å². The number of hydrogen-bond acceptors (Lipinski definition) is 4. The number of thiophene rings is 1. The Bertz CT molecular complexity index is 449. The lowest BCUT2D eigenvalue weighted by molar-refractivity contribution is 0.0745. The Kier molecular flexibility index (Phi) is 4.99. The first-order chi connectivity index (χ1) is 8.49. The van der Waals surface area contributed by atoms with Gasteiger partial charge in [0.1, 0.15) is 0 Å². The van der Waals surface area contributed by atoms with Gasteiger partial charge < -0.3 is 4.74 Å². The maximum Gasteiger partial charge on any atom is 0.178 e. The average Bonchev–Trinajstić information content (AvgIpc) is 2.84. The van der Waals surface area contributed by atoms with Crippen LogP contribution in [-0.4, -0.2) is 43.0 Å². The molecule has 2 unspecified atom stereocenters. The van der Waals surface area contributed by atoms with Crippen LogP contribution < -0.4 is 0 Å².